The molecule has 3 nitrogen and oxygen atoms in total. The van der Waals surface area contributed by atoms with E-state index in [-0.39, 0.29) is 5.91 Å². The lowest BCUT2D eigenvalue weighted by atomic mass is 10.00. The predicted octanol–water partition coefficient (Wildman–Crippen LogP) is -0.0965. The molecule has 0 saturated heterocycles. The molecule has 0 aromatic carbocycles. The van der Waals surface area contributed by atoms with Crippen molar-refractivity contribution in [3.63, 3.8) is 0 Å². The van der Waals surface area contributed by atoms with Gasteiger partial charge >= 0.3 is 0 Å². The van der Waals surface area contributed by atoms with E-state index in [1.807, 2.05) is 6.08 Å². The molecule has 10 heavy (non-hydrogen) atoms. The van der Waals surface area contributed by atoms with E-state index in [1.54, 1.807) is 25.3 Å². The van der Waals surface area contributed by atoms with E-state index in [2.05, 4.69) is 5.32 Å². The number of dihydropyridines is 1. The highest BCUT2D eigenvalue weighted by Gasteiger charge is 2.26. The van der Waals surface area contributed by atoms with E-state index in [9.17, 15) is 4.79 Å². The summed E-state index contributed by atoms with van der Waals surface area (Å²) in [5.41, 5.74) is 4.42. The third-order valence-corrected chi connectivity index (χ3v) is 1.53. The standard InChI is InChI=1S/C7H10N2O/c1-7(6(8)10)4-2-3-5-9-7/h2-5,9H,1H3,(H2,8,10). The number of nitrogens with two attached hydrogens (primary N) is 1. The molecule has 0 aromatic heterocycles. The Hall–Kier alpha value is -1.25. The van der Waals surface area contributed by atoms with Gasteiger partial charge < -0.3 is 11.1 Å². The Morgan fingerprint density at radius 2 is 2.30 bits per heavy atom. The van der Waals surface area contributed by atoms with Crippen molar-refractivity contribution in [3.05, 3.63) is 24.4 Å². The molecule has 1 unspecified atom stereocenters. The predicted molar refractivity (Wildman–Crippen MR) is 39.0 cm³/mol. The Balaban J connectivity index is 2.80. The normalized spacial score (nSPS) is 29.7. The lowest BCUT2D eigenvalue weighted by molar-refractivity contribution is -0.121. The molecule has 54 valence electrons. The van der Waals surface area contributed by atoms with Gasteiger partial charge in [-0.15, -0.1) is 0 Å². The fourth-order valence-corrected chi connectivity index (χ4v) is 0.726. The third-order valence-electron chi connectivity index (χ3n) is 1.53. The molecule has 1 heterocycles. The molecule has 0 spiro atoms. The van der Waals surface area contributed by atoms with Gasteiger partial charge in [0.15, 0.2) is 0 Å². The minimum absolute atomic E-state index is 0.367. The molecule has 0 radical (unpaired) electrons. The summed E-state index contributed by atoms with van der Waals surface area (Å²) in [6, 6.07) is 0. The van der Waals surface area contributed by atoms with Gasteiger partial charge in [-0.05, 0) is 19.2 Å². The second-order valence-electron chi connectivity index (χ2n) is 2.43. The summed E-state index contributed by atoms with van der Waals surface area (Å²) in [4.78, 5) is 10.8. The van der Waals surface area contributed by atoms with Crippen LogP contribution in [0.15, 0.2) is 24.4 Å². The zero-order valence-electron chi connectivity index (χ0n) is 5.79. The SMILES string of the molecule is CC1(C(N)=O)C=CC=CN1. The van der Waals surface area contributed by atoms with Crippen molar-refractivity contribution in [1.82, 2.24) is 5.32 Å². The third kappa shape index (κ3) is 1.03. The molecule has 1 atom stereocenters. The van der Waals surface area contributed by atoms with Crippen LogP contribution in [0.1, 0.15) is 6.92 Å². The van der Waals surface area contributed by atoms with Gasteiger partial charge in [-0.2, -0.15) is 0 Å². The highest BCUT2D eigenvalue weighted by Crippen LogP contribution is 2.07. The van der Waals surface area contributed by atoms with E-state index in [0.717, 1.165) is 0 Å². The topological polar surface area (TPSA) is 55.1 Å². The Morgan fingerprint density at radius 3 is 2.60 bits per heavy atom. The molecular weight excluding hydrogens is 128 g/mol. The summed E-state index contributed by atoms with van der Waals surface area (Å²) < 4.78 is 0. The van der Waals surface area contributed by atoms with Crippen LogP contribution in [0.25, 0.3) is 0 Å². The first-order valence-electron chi connectivity index (χ1n) is 3.07. The van der Waals surface area contributed by atoms with Crippen molar-refractivity contribution >= 4 is 5.91 Å². The molecule has 0 aliphatic carbocycles. The smallest absolute Gasteiger partial charge is 0.246 e. The van der Waals surface area contributed by atoms with Crippen molar-refractivity contribution < 1.29 is 4.79 Å². The maximum atomic E-state index is 10.8. The number of hydrogen-bond acceptors (Lipinski definition) is 2. The van der Waals surface area contributed by atoms with Gasteiger partial charge in [-0.1, -0.05) is 12.2 Å². The van der Waals surface area contributed by atoms with Gasteiger partial charge in [-0.25, -0.2) is 0 Å². The number of hydrogen-bond donors (Lipinski definition) is 2. The molecular formula is C7H10N2O. The number of rotatable bonds is 1. The number of amides is 1. The summed E-state index contributed by atoms with van der Waals surface area (Å²) in [6.45, 7) is 1.73. The van der Waals surface area contributed by atoms with Crippen LogP contribution in [-0.2, 0) is 4.79 Å². The minimum atomic E-state index is -0.700. The molecule has 0 aromatic rings. The zero-order chi connectivity index (χ0) is 7.61. The van der Waals surface area contributed by atoms with Gasteiger partial charge in [0.1, 0.15) is 5.54 Å². The first-order chi connectivity index (χ1) is 4.65. The molecule has 1 aliphatic heterocycles. The summed E-state index contributed by atoms with van der Waals surface area (Å²) in [6.07, 6.45) is 7.03. The Kier molecular flexibility index (Phi) is 1.49. The number of carbonyl (C=O) groups is 1. The molecule has 0 bridgehead atoms. The summed E-state index contributed by atoms with van der Waals surface area (Å²) >= 11 is 0. The second kappa shape index (κ2) is 2.17. The summed E-state index contributed by atoms with van der Waals surface area (Å²) in [7, 11) is 0. The van der Waals surface area contributed by atoms with E-state index < -0.39 is 5.54 Å². The van der Waals surface area contributed by atoms with Crippen LogP contribution >= 0.6 is 0 Å². The molecule has 3 heteroatoms. The van der Waals surface area contributed by atoms with Gasteiger partial charge in [-0.3, -0.25) is 4.79 Å². The molecule has 3 N–H and O–H groups in total. The quantitative estimate of drug-likeness (QED) is 0.531. The monoisotopic (exact) mass is 138 g/mol. The number of allylic oxidation sites excluding steroid dienone is 2. The molecule has 0 fully saturated rings. The minimum Gasteiger partial charge on any atom is -0.374 e. The Labute approximate surface area is 59.6 Å². The van der Waals surface area contributed by atoms with Gasteiger partial charge in [0.2, 0.25) is 5.91 Å². The number of primary amides is 1. The molecule has 1 rings (SSSR count). The van der Waals surface area contributed by atoms with E-state index in [1.165, 1.54) is 0 Å². The maximum absolute atomic E-state index is 10.8. The van der Waals surface area contributed by atoms with Crippen molar-refractivity contribution in [3.8, 4) is 0 Å². The van der Waals surface area contributed by atoms with Crippen molar-refractivity contribution in [2.24, 2.45) is 5.73 Å². The van der Waals surface area contributed by atoms with Crippen LogP contribution in [0.4, 0.5) is 0 Å². The number of nitrogens with one attached hydrogen (secondary N) is 1. The van der Waals surface area contributed by atoms with Gasteiger partial charge in [0.05, 0.1) is 0 Å². The first kappa shape index (κ1) is 6.86. The van der Waals surface area contributed by atoms with E-state index in [0.29, 0.717) is 0 Å². The molecule has 0 saturated carbocycles. The zero-order valence-corrected chi connectivity index (χ0v) is 5.79. The Morgan fingerprint density at radius 1 is 1.60 bits per heavy atom. The highest BCUT2D eigenvalue weighted by molar-refractivity contribution is 5.87. The highest BCUT2D eigenvalue weighted by atomic mass is 16.1. The van der Waals surface area contributed by atoms with Crippen LogP contribution < -0.4 is 11.1 Å². The summed E-state index contributed by atoms with van der Waals surface area (Å²) in [5, 5.41) is 2.85. The van der Waals surface area contributed by atoms with Crippen LogP contribution in [0, 0.1) is 0 Å². The van der Waals surface area contributed by atoms with Crippen molar-refractivity contribution in [2.75, 3.05) is 0 Å². The van der Waals surface area contributed by atoms with Gasteiger partial charge in [0, 0.05) is 0 Å². The van der Waals surface area contributed by atoms with E-state index >= 15 is 0 Å². The van der Waals surface area contributed by atoms with Crippen LogP contribution in [0.2, 0.25) is 0 Å². The van der Waals surface area contributed by atoms with Crippen LogP contribution in [-0.4, -0.2) is 11.4 Å². The lowest BCUT2D eigenvalue weighted by Crippen LogP contribution is -2.50. The Bertz CT molecular complexity index is 208. The second-order valence-corrected chi connectivity index (χ2v) is 2.43. The van der Waals surface area contributed by atoms with Crippen LogP contribution in [0.5, 0.6) is 0 Å². The van der Waals surface area contributed by atoms with Crippen molar-refractivity contribution in [1.29, 1.82) is 0 Å². The van der Waals surface area contributed by atoms with Gasteiger partial charge in [0.25, 0.3) is 0 Å². The first-order valence-corrected chi connectivity index (χ1v) is 3.07. The largest absolute Gasteiger partial charge is 0.374 e. The van der Waals surface area contributed by atoms with Crippen molar-refractivity contribution in [2.45, 2.75) is 12.5 Å². The number of carbonyl (C=O) groups excluding carboxylic acids is 1. The van der Waals surface area contributed by atoms with E-state index in [4.69, 9.17) is 5.73 Å². The average molecular weight is 138 g/mol. The molecule has 1 amide bonds. The van der Waals surface area contributed by atoms with Crippen LogP contribution in [0.3, 0.4) is 0 Å². The fourth-order valence-electron chi connectivity index (χ4n) is 0.726. The average Bonchev–Trinajstić information content (AvgIpc) is 1.89. The fraction of sp³-hybridized carbons (Fsp3) is 0.286. The maximum Gasteiger partial charge on any atom is 0.246 e. The molecule has 1 aliphatic rings. The lowest BCUT2D eigenvalue weighted by Gasteiger charge is -2.24. The summed E-state index contributed by atoms with van der Waals surface area (Å²) in [5.74, 6) is -0.367.